The maximum Gasteiger partial charge on any atom is 0.365 e. The van der Waals surface area contributed by atoms with Gasteiger partial charge in [0.05, 0.1) is 11.8 Å². The molecule has 1 aromatic heterocycles. The summed E-state index contributed by atoms with van der Waals surface area (Å²) < 4.78 is 6.25. The van der Waals surface area contributed by atoms with Gasteiger partial charge in [0.15, 0.2) is 0 Å². The number of carbonyl (C=O) groups is 1. The number of nitrogens with zero attached hydrogens (tertiary/aromatic N) is 2. The Kier molecular flexibility index (Phi) is 4.32. The molecule has 1 unspecified atom stereocenters. The lowest BCUT2D eigenvalue weighted by Crippen LogP contribution is -2.22. The molecule has 1 N–H and O–H groups in total. The summed E-state index contributed by atoms with van der Waals surface area (Å²) in [6.07, 6.45) is 1.52. The molecule has 7 heteroatoms. The van der Waals surface area contributed by atoms with Crippen molar-refractivity contribution in [2.75, 3.05) is 0 Å². The first kappa shape index (κ1) is 14.7. The summed E-state index contributed by atoms with van der Waals surface area (Å²) in [5.41, 5.74) is 1.34. The first-order chi connectivity index (χ1) is 10.0. The zero-order valence-electron chi connectivity index (χ0n) is 11.7. The largest absolute Gasteiger partial charge is 0.365 e. The van der Waals surface area contributed by atoms with Crippen LogP contribution in [-0.2, 0) is 11.5 Å². The molecule has 1 atom stereocenters. The first-order valence-corrected chi connectivity index (χ1v) is 6.39. The van der Waals surface area contributed by atoms with Crippen molar-refractivity contribution in [3.05, 3.63) is 51.4 Å². The van der Waals surface area contributed by atoms with Crippen molar-refractivity contribution in [1.29, 1.82) is 0 Å². The van der Waals surface area contributed by atoms with Gasteiger partial charge in [-0.25, -0.2) is 4.79 Å². The smallest absolute Gasteiger partial charge is 0.336 e. The third-order valence-electron chi connectivity index (χ3n) is 3.04. The third-order valence-corrected chi connectivity index (χ3v) is 3.04. The molecule has 7 nitrogen and oxygen atoms in total. The van der Waals surface area contributed by atoms with E-state index in [1.807, 2.05) is 0 Å². The van der Waals surface area contributed by atoms with E-state index in [1.54, 1.807) is 31.2 Å². The standard InChI is InChI=1S/C14H15N3O4/c1-9(16-20)11-3-5-12(6-4-11)13-7-17(21-14(13)19)8-15-10(2)18/h3-7,9H,8H2,1-2H3,(H,15,18). The van der Waals surface area contributed by atoms with Crippen molar-refractivity contribution in [2.24, 2.45) is 5.18 Å². The number of nitrogens with one attached hydrogen (secondary N) is 1. The Morgan fingerprint density at radius 3 is 2.62 bits per heavy atom. The number of hydrogen-bond donors (Lipinski definition) is 1. The highest BCUT2D eigenvalue weighted by atomic mass is 16.5. The molecule has 0 radical (unpaired) electrons. The molecular formula is C14H15N3O4. The molecule has 110 valence electrons. The molecule has 1 heterocycles. The number of benzene rings is 1. The molecular weight excluding hydrogens is 274 g/mol. The van der Waals surface area contributed by atoms with Crippen molar-refractivity contribution in [3.63, 3.8) is 0 Å². The number of amides is 1. The zero-order chi connectivity index (χ0) is 15.4. The van der Waals surface area contributed by atoms with Gasteiger partial charge in [0.2, 0.25) is 5.91 Å². The van der Waals surface area contributed by atoms with E-state index in [0.29, 0.717) is 11.1 Å². The molecule has 0 aliphatic carbocycles. The Labute approximate surface area is 120 Å². The lowest BCUT2D eigenvalue weighted by atomic mass is 10.0. The van der Waals surface area contributed by atoms with E-state index in [1.165, 1.54) is 17.9 Å². The highest BCUT2D eigenvalue weighted by Crippen LogP contribution is 2.21. The van der Waals surface area contributed by atoms with Gasteiger partial charge < -0.3 is 9.84 Å². The normalized spacial score (nSPS) is 11.9. The second kappa shape index (κ2) is 6.17. The van der Waals surface area contributed by atoms with Crippen LogP contribution in [0.2, 0.25) is 0 Å². The fraction of sp³-hybridized carbons (Fsp3) is 0.286. The van der Waals surface area contributed by atoms with E-state index >= 15 is 0 Å². The first-order valence-electron chi connectivity index (χ1n) is 6.39. The molecule has 0 fully saturated rings. The highest BCUT2D eigenvalue weighted by Gasteiger charge is 2.11. The Balaban J connectivity index is 2.23. The molecule has 0 saturated carbocycles. The summed E-state index contributed by atoms with van der Waals surface area (Å²) in [6.45, 7) is 3.17. The van der Waals surface area contributed by atoms with Crippen molar-refractivity contribution in [3.8, 4) is 11.1 Å². The summed E-state index contributed by atoms with van der Waals surface area (Å²) in [5.74, 6) is -0.215. The summed E-state index contributed by atoms with van der Waals surface area (Å²) in [5, 5.41) is 5.48. The Bertz CT molecular complexity index is 700. The van der Waals surface area contributed by atoms with Crippen molar-refractivity contribution in [1.82, 2.24) is 10.1 Å². The van der Waals surface area contributed by atoms with E-state index in [4.69, 9.17) is 4.52 Å². The van der Waals surface area contributed by atoms with Gasteiger partial charge in [-0.15, -0.1) is 0 Å². The van der Waals surface area contributed by atoms with E-state index in [9.17, 15) is 14.5 Å². The van der Waals surface area contributed by atoms with Gasteiger partial charge in [-0.1, -0.05) is 29.4 Å². The monoisotopic (exact) mass is 289 g/mol. The van der Waals surface area contributed by atoms with Crippen molar-refractivity contribution >= 4 is 5.91 Å². The van der Waals surface area contributed by atoms with Gasteiger partial charge in [-0.05, 0) is 18.1 Å². The maximum atomic E-state index is 11.8. The number of hydrogen-bond acceptors (Lipinski definition) is 5. The molecule has 0 aliphatic heterocycles. The van der Waals surface area contributed by atoms with Crippen LogP contribution in [0.1, 0.15) is 25.5 Å². The fourth-order valence-corrected chi connectivity index (χ4v) is 1.84. The summed E-state index contributed by atoms with van der Waals surface area (Å²) in [6, 6.07) is 6.51. The predicted octanol–water partition coefficient (Wildman–Crippen LogP) is 2.03. The number of carbonyl (C=O) groups excluding carboxylic acids is 1. The van der Waals surface area contributed by atoms with E-state index < -0.39 is 11.7 Å². The van der Waals surface area contributed by atoms with Gasteiger partial charge in [-0.2, -0.15) is 9.65 Å². The number of aromatic nitrogens is 1. The van der Waals surface area contributed by atoms with Crippen LogP contribution >= 0.6 is 0 Å². The summed E-state index contributed by atoms with van der Waals surface area (Å²) in [4.78, 5) is 33.1. The molecule has 2 rings (SSSR count). The molecule has 0 saturated heterocycles. The Hall–Kier alpha value is -2.70. The molecule has 0 aliphatic rings. The van der Waals surface area contributed by atoms with Crippen LogP contribution in [0.25, 0.3) is 11.1 Å². The Morgan fingerprint density at radius 2 is 2.05 bits per heavy atom. The molecule has 0 spiro atoms. The van der Waals surface area contributed by atoms with Gasteiger partial charge in [0.25, 0.3) is 0 Å². The summed E-state index contributed by atoms with van der Waals surface area (Å²) in [7, 11) is 0. The fourth-order valence-electron chi connectivity index (χ4n) is 1.84. The second-order valence-electron chi connectivity index (χ2n) is 4.63. The van der Waals surface area contributed by atoms with Crippen LogP contribution in [0.4, 0.5) is 0 Å². The van der Waals surface area contributed by atoms with Crippen molar-refractivity contribution in [2.45, 2.75) is 26.6 Å². The SMILES string of the molecule is CC(=O)NCn1cc(-c2ccc(C(C)N=O)cc2)c(=O)o1. The number of rotatable bonds is 5. The zero-order valence-corrected chi connectivity index (χ0v) is 11.7. The average Bonchev–Trinajstić information content (AvgIpc) is 2.85. The molecule has 21 heavy (non-hydrogen) atoms. The quantitative estimate of drug-likeness (QED) is 0.852. The van der Waals surface area contributed by atoms with Crippen LogP contribution in [0.3, 0.4) is 0 Å². The topological polar surface area (TPSA) is 93.7 Å². The average molecular weight is 289 g/mol. The third kappa shape index (κ3) is 3.44. The van der Waals surface area contributed by atoms with E-state index in [0.717, 1.165) is 5.56 Å². The van der Waals surface area contributed by atoms with Crippen LogP contribution in [-0.4, -0.2) is 10.6 Å². The highest BCUT2D eigenvalue weighted by molar-refractivity contribution is 5.72. The summed E-state index contributed by atoms with van der Waals surface area (Å²) >= 11 is 0. The Morgan fingerprint density at radius 1 is 1.38 bits per heavy atom. The minimum Gasteiger partial charge on any atom is -0.336 e. The second-order valence-corrected chi connectivity index (χ2v) is 4.63. The predicted molar refractivity (Wildman–Crippen MR) is 76.4 cm³/mol. The van der Waals surface area contributed by atoms with Gasteiger partial charge >= 0.3 is 5.63 Å². The van der Waals surface area contributed by atoms with Crippen LogP contribution < -0.4 is 10.9 Å². The van der Waals surface area contributed by atoms with Crippen molar-refractivity contribution < 1.29 is 9.32 Å². The van der Waals surface area contributed by atoms with E-state index in [-0.39, 0.29) is 12.6 Å². The maximum absolute atomic E-state index is 11.8. The minimum atomic E-state index is -0.491. The van der Waals surface area contributed by atoms with Crippen LogP contribution in [0.5, 0.6) is 0 Å². The molecule has 0 bridgehead atoms. The van der Waals surface area contributed by atoms with E-state index in [2.05, 4.69) is 10.5 Å². The lowest BCUT2D eigenvalue weighted by molar-refractivity contribution is -0.119. The van der Waals surface area contributed by atoms with Gasteiger partial charge in [0.1, 0.15) is 12.7 Å². The van der Waals surface area contributed by atoms with Crippen LogP contribution in [0, 0.1) is 4.91 Å². The lowest BCUT2D eigenvalue weighted by Gasteiger charge is -2.03. The number of nitroso groups, excluding NO2 is 1. The van der Waals surface area contributed by atoms with Crippen LogP contribution in [0.15, 0.2) is 45.0 Å². The molecule has 1 amide bonds. The minimum absolute atomic E-state index is 0.0920. The van der Waals surface area contributed by atoms with Gasteiger partial charge in [-0.3, -0.25) is 4.79 Å². The molecule has 2 aromatic rings. The van der Waals surface area contributed by atoms with Gasteiger partial charge in [0, 0.05) is 6.92 Å². The molecule has 1 aromatic carbocycles.